The number of hydrogen-bond donors (Lipinski definition) is 2. The summed E-state index contributed by atoms with van der Waals surface area (Å²) in [6, 6.07) is 14.6. The quantitative estimate of drug-likeness (QED) is 0.710. The molecule has 3 N–H and O–H groups in total. The van der Waals surface area contributed by atoms with Crippen molar-refractivity contribution in [2.75, 3.05) is 13.7 Å². The number of aliphatic hydroxyl groups excluding tert-OH is 1. The minimum atomic E-state index is -0.944. The van der Waals surface area contributed by atoms with Crippen molar-refractivity contribution in [3.63, 3.8) is 0 Å². The zero-order valence-corrected chi connectivity index (χ0v) is 18.6. The molecule has 0 aliphatic carbocycles. The van der Waals surface area contributed by atoms with Gasteiger partial charge >= 0.3 is 0 Å². The molecule has 1 spiro atoms. The van der Waals surface area contributed by atoms with Crippen LogP contribution in [0.3, 0.4) is 0 Å². The molecular formula is C25H31N3O3. The van der Waals surface area contributed by atoms with Gasteiger partial charge in [0.15, 0.2) is 0 Å². The Balaban J connectivity index is 1.80. The lowest BCUT2D eigenvalue weighted by atomic mass is 9.84. The maximum atomic E-state index is 9.63. The first-order valence-electron chi connectivity index (χ1n) is 10.7. The Morgan fingerprint density at radius 2 is 2.06 bits per heavy atom. The molecule has 2 aromatic carbocycles. The molecule has 0 bridgehead atoms. The largest absolute Gasteiger partial charge is 0.489 e. The maximum Gasteiger partial charge on any atom is 0.221 e. The Morgan fingerprint density at radius 1 is 1.29 bits per heavy atom. The minimum Gasteiger partial charge on any atom is -0.489 e. The highest BCUT2D eigenvalue weighted by atomic mass is 16.7. The Bertz CT molecular complexity index is 1030. The van der Waals surface area contributed by atoms with Crippen LogP contribution in [0.2, 0.25) is 0 Å². The molecule has 3 unspecified atom stereocenters. The van der Waals surface area contributed by atoms with E-state index in [1.807, 2.05) is 6.07 Å². The number of aryl methyl sites for hydroxylation is 1. The van der Waals surface area contributed by atoms with E-state index in [1.165, 1.54) is 16.2 Å². The van der Waals surface area contributed by atoms with Gasteiger partial charge in [0.1, 0.15) is 11.9 Å². The van der Waals surface area contributed by atoms with Crippen LogP contribution in [0.4, 0.5) is 0 Å². The topological polar surface area (TPSA) is 80.3 Å². The number of aliphatic hydroxyl groups is 1. The molecule has 164 valence electrons. The number of ether oxygens (including phenoxy) is 1. The molecule has 2 aliphatic rings. The van der Waals surface area contributed by atoms with E-state index in [2.05, 4.69) is 63.2 Å². The van der Waals surface area contributed by atoms with Crippen molar-refractivity contribution in [3.05, 3.63) is 65.2 Å². The summed E-state index contributed by atoms with van der Waals surface area (Å²) in [6.07, 6.45) is 3.09. The number of hydrogen-bond acceptors (Lipinski definition) is 6. The number of guanidine groups is 1. The third-order valence-corrected chi connectivity index (χ3v) is 5.90. The molecule has 4 rings (SSSR count). The van der Waals surface area contributed by atoms with Gasteiger partial charge < -0.3 is 15.6 Å². The summed E-state index contributed by atoms with van der Waals surface area (Å²) in [5.41, 5.74) is 10.6. The zero-order chi connectivity index (χ0) is 22.2. The molecule has 3 atom stereocenters. The van der Waals surface area contributed by atoms with E-state index in [4.69, 9.17) is 20.3 Å². The van der Waals surface area contributed by atoms with Crippen LogP contribution < -0.4 is 10.5 Å². The second-order valence-electron chi connectivity index (χ2n) is 8.70. The molecule has 0 amide bonds. The van der Waals surface area contributed by atoms with Crippen molar-refractivity contribution in [2.24, 2.45) is 16.6 Å². The molecule has 2 heterocycles. The number of rotatable bonds is 5. The smallest absolute Gasteiger partial charge is 0.221 e. The van der Waals surface area contributed by atoms with Gasteiger partial charge in [-0.15, -0.1) is 0 Å². The van der Waals surface area contributed by atoms with Crippen molar-refractivity contribution in [2.45, 2.75) is 45.4 Å². The van der Waals surface area contributed by atoms with Crippen LogP contribution in [-0.2, 0) is 10.6 Å². The summed E-state index contributed by atoms with van der Waals surface area (Å²) in [7, 11) is 1.77. The van der Waals surface area contributed by atoms with Crippen molar-refractivity contribution in [1.82, 2.24) is 5.06 Å². The molecule has 2 aliphatic heterocycles. The highest BCUT2D eigenvalue weighted by Crippen LogP contribution is 2.48. The average molecular weight is 422 g/mol. The van der Waals surface area contributed by atoms with Gasteiger partial charge in [-0.1, -0.05) is 47.5 Å². The van der Waals surface area contributed by atoms with E-state index in [-0.39, 0.29) is 18.6 Å². The predicted molar refractivity (Wildman–Crippen MR) is 122 cm³/mol. The first kappa shape index (κ1) is 21.4. The molecule has 6 heteroatoms. The van der Waals surface area contributed by atoms with Gasteiger partial charge in [-0.05, 0) is 50.5 Å². The fraction of sp³-hybridized carbons (Fsp3) is 0.400. The second kappa shape index (κ2) is 8.36. The SMILES string of the molecule is CC(C)=CC(CCO)C1CC2(N=C(N)N(C)O2)c2cc(-c3cccc(C)c3)ccc2O1. The summed E-state index contributed by atoms with van der Waals surface area (Å²) in [5.74, 6) is 1.13. The molecule has 6 nitrogen and oxygen atoms in total. The fourth-order valence-electron chi connectivity index (χ4n) is 4.46. The Hall–Kier alpha value is -2.83. The lowest BCUT2D eigenvalue weighted by Crippen LogP contribution is -2.42. The van der Waals surface area contributed by atoms with Crippen molar-refractivity contribution in [1.29, 1.82) is 0 Å². The summed E-state index contributed by atoms with van der Waals surface area (Å²) in [4.78, 5) is 11.0. The first-order chi connectivity index (χ1) is 14.8. The van der Waals surface area contributed by atoms with Gasteiger partial charge in [0.2, 0.25) is 11.7 Å². The molecule has 0 saturated carbocycles. The lowest BCUT2D eigenvalue weighted by molar-refractivity contribution is -0.193. The van der Waals surface area contributed by atoms with E-state index in [0.29, 0.717) is 18.8 Å². The summed E-state index contributed by atoms with van der Waals surface area (Å²) < 4.78 is 6.46. The predicted octanol–water partition coefficient (Wildman–Crippen LogP) is 4.12. The van der Waals surface area contributed by atoms with Crippen LogP contribution in [0, 0.1) is 12.8 Å². The number of hydroxylamine groups is 2. The number of nitrogens with two attached hydrogens (primary N) is 1. The standard InChI is InChI=1S/C25H31N3O3/c1-16(2)12-20(10-11-29)23-15-25(27-24(26)28(4)31-25)21-14-19(8-9-22(21)30-23)18-7-5-6-17(3)13-18/h5-9,12-14,20,23,29H,10-11,15H2,1-4H3,(H2,26,27). The molecule has 0 saturated heterocycles. The Kier molecular flexibility index (Phi) is 5.77. The summed E-state index contributed by atoms with van der Waals surface area (Å²) in [6.45, 7) is 6.29. The highest BCUT2D eigenvalue weighted by Gasteiger charge is 2.49. The number of fused-ring (bicyclic) bond motifs is 2. The van der Waals surface area contributed by atoms with E-state index >= 15 is 0 Å². The van der Waals surface area contributed by atoms with E-state index in [1.54, 1.807) is 7.05 Å². The monoisotopic (exact) mass is 421 g/mol. The van der Waals surface area contributed by atoms with E-state index in [9.17, 15) is 5.11 Å². The van der Waals surface area contributed by atoms with E-state index < -0.39 is 5.72 Å². The molecule has 0 aromatic heterocycles. The number of benzene rings is 2. The number of allylic oxidation sites excluding steroid dienone is 1. The number of aliphatic imine (C=N–C) groups is 1. The summed E-state index contributed by atoms with van der Waals surface area (Å²) in [5, 5.41) is 11.2. The van der Waals surface area contributed by atoms with Crippen LogP contribution in [0.15, 0.2) is 59.1 Å². The molecule has 0 fully saturated rings. The molecule has 0 radical (unpaired) electrons. The fourth-order valence-corrected chi connectivity index (χ4v) is 4.46. The maximum absolute atomic E-state index is 9.63. The third-order valence-electron chi connectivity index (χ3n) is 5.90. The van der Waals surface area contributed by atoms with Crippen LogP contribution >= 0.6 is 0 Å². The van der Waals surface area contributed by atoms with Gasteiger partial charge in [-0.2, -0.15) is 0 Å². The van der Waals surface area contributed by atoms with Crippen molar-refractivity contribution < 1.29 is 14.7 Å². The van der Waals surface area contributed by atoms with E-state index in [0.717, 1.165) is 22.4 Å². The van der Waals surface area contributed by atoms with Crippen LogP contribution in [-0.4, -0.2) is 35.9 Å². The van der Waals surface area contributed by atoms with Crippen molar-refractivity contribution >= 4 is 5.96 Å². The van der Waals surface area contributed by atoms with Gasteiger partial charge in [-0.3, -0.25) is 0 Å². The average Bonchev–Trinajstić information content (AvgIpc) is 3.00. The van der Waals surface area contributed by atoms with Crippen LogP contribution in [0.25, 0.3) is 11.1 Å². The number of nitrogens with zero attached hydrogens (tertiary/aromatic N) is 2. The lowest BCUT2D eigenvalue weighted by Gasteiger charge is -2.39. The van der Waals surface area contributed by atoms with Gasteiger partial charge in [0.05, 0.1) is 5.56 Å². The molecule has 2 aromatic rings. The Morgan fingerprint density at radius 3 is 2.71 bits per heavy atom. The second-order valence-corrected chi connectivity index (χ2v) is 8.70. The van der Waals surface area contributed by atoms with Gasteiger partial charge in [-0.25, -0.2) is 14.9 Å². The van der Waals surface area contributed by atoms with Crippen LogP contribution in [0.5, 0.6) is 5.75 Å². The Labute approximate surface area is 184 Å². The van der Waals surface area contributed by atoms with Crippen LogP contribution in [0.1, 0.15) is 37.8 Å². The first-order valence-corrected chi connectivity index (χ1v) is 10.7. The van der Waals surface area contributed by atoms with Crippen molar-refractivity contribution in [3.8, 4) is 16.9 Å². The molecular weight excluding hydrogens is 390 g/mol. The zero-order valence-electron chi connectivity index (χ0n) is 18.6. The normalized spacial score (nSPS) is 23.2. The third kappa shape index (κ3) is 4.18. The summed E-state index contributed by atoms with van der Waals surface area (Å²) >= 11 is 0. The highest BCUT2D eigenvalue weighted by molar-refractivity contribution is 5.79. The van der Waals surface area contributed by atoms with Gasteiger partial charge in [0.25, 0.3) is 0 Å². The minimum absolute atomic E-state index is 0.0439. The molecule has 31 heavy (non-hydrogen) atoms. The van der Waals surface area contributed by atoms with Gasteiger partial charge in [0, 0.05) is 26.0 Å².